The van der Waals surface area contributed by atoms with E-state index in [4.69, 9.17) is 4.74 Å². The molecule has 2 unspecified atom stereocenters. The van der Waals surface area contributed by atoms with Crippen LogP contribution in [0.3, 0.4) is 0 Å². The number of nitrogens with one attached hydrogen (secondary N) is 3. The van der Waals surface area contributed by atoms with E-state index in [-0.39, 0.29) is 17.7 Å². The predicted molar refractivity (Wildman–Crippen MR) is 152 cm³/mol. The van der Waals surface area contributed by atoms with E-state index >= 15 is 0 Å². The third-order valence-corrected chi connectivity index (χ3v) is 9.47. The van der Waals surface area contributed by atoms with E-state index in [2.05, 4.69) is 28.2 Å². The van der Waals surface area contributed by atoms with Gasteiger partial charge < -0.3 is 15.4 Å². The maximum atomic E-state index is 13.8. The highest BCUT2D eigenvalue weighted by molar-refractivity contribution is 5.98. The summed E-state index contributed by atoms with van der Waals surface area (Å²) >= 11 is 0. The van der Waals surface area contributed by atoms with Gasteiger partial charge in [0.2, 0.25) is 11.8 Å². The number of carbonyl (C=O) groups excluding carboxylic acids is 3. The van der Waals surface area contributed by atoms with E-state index in [1.54, 1.807) is 24.3 Å². The molecule has 1 saturated heterocycles. The van der Waals surface area contributed by atoms with Crippen molar-refractivity contribution in [3.05, 3.63) is 65.7 Å². The lowest BCUT2D eigenvalue weighted by atomic mass is 9.43. The first kappa shape index (κ1) is 27.0. The molecule has 1 heterocycles. The summed E-state index contributed by atoms with van der Waals surface area (Å²) in [6.07, 6.45) is 7.13. The van der Waals surface area contributed by atoms with Crippen molar-refractivity contribution < 1.29 is 19.1 Å². The molecule has 5 aliphatic rings. The lowest BCUT2D eigenvalue weighted by Gasteiger charge is -2.60. The molecule has 0 spiro atoms. The van der Waals surface area contributed by atoms with E-state index in [0.717, 1.165) is 44.9 Å². The molecule has 3 N–H and O–H groups in total. The molecule has 2 aromatic carbocycles. The maximum absolute atomic E-state index is 13.8. The van der Waals surface area contributed by atoms with Gasteiger partial charge in [-0.1, -0.05) is 30.3 Å². The summed E-state index contributed by atoms with van der Waals surface area (Å²) in [7, 11) is 0. The molecule has 0 aromatic heterocycles. The Morgan fingerprint density at radius 3 is 2.17 bits per heavy atom. The van der Waals surface area contributed by atoms with Crippen molar-refractivity contribution in [2.45, 2.75) is 51.4 Å². The fourth-order valence-corrected chi connectivity index (χ4v) is 7.97. The average Bonchev–Trinajstić information content (AvgIpc) is 2.96. The molecule has 4 saturated carbocycles. The van der Waals surface area contributed by atoms with E-state index in [1.807, 2.05) is 23.2 Å². The van der Waals surface area contributed by atoms with Gasteiger partial charge in [-0.15, -0.1) is 0 Å². The van der Waals surface area contributed by atoms with Crippen molar-refractivity contribution in [2.75, 3.05) is 38.2 Å². The Morgan fingerprint density at radius 2 is 1.50 bits per heavy atom. The lowest BCUT2D eigenvalue weighted by molar-refractivity contribution is -0.164. The number of benzene rings is 2. The molecule has 2 aromatic rings. The van der Waals surface area contributed by atoms with Crippen LogP contribution in [-0.4, -0.2) is 55.6 Å². The minimum Gasteiger partial charge on any atom is -0.379 e. The number of amides is 3. The second-order valence-electron chi connectivity index (χ2n) is 12.4. The zero-order chi connectivity index (χ0) is 27.6. The fourth-order valence-electron chi connectivity index (χ4n) is 7.97. The number of hydrogen-bond acceptors (Lipinski definition) is 5. The van der Waals surface area contributed by atoms with E-state index in [0.29, 0.717) is 62.4 Å². The fraction of sp³-hybridized carbons (Fsp3) is 0.531. The van der Waals surface area contributed by atoms with Crippen LogP contribution in [0.1, 0.15) is 60.9 Å². The average molecular weight is 545 g/mol. The number of morpholine rings is 1. The Balaban J connectivity index is 1.06. The number of hydrogen-bond donors (Lipinski definition) is 3. The van der Waals surface area contributed by atoms with Gasteiger partial charge >= 0.3 is 0 Å². The number of rotatable bonds is 9. The van der Waals surface area contributed by atoms with Crippen LogP contribution in [0.25, 0.3) is 0 Å². The van der Waals surface area contributed by atoms with Crippen molar-refractivity contribution in [3.63, 3.8) is 0 Å². The Hall–Kier alpha value is -3.23. The second kappa shape index (κ2) is 11.3. The van der Waals surface area contributed by atoms with Gasteiger partial charge in [-0.3, -0.25) is 19.8 Å². The van der Waals surface area contributed by atoms with Gasteiger partial charge in [0.1, 0.15) is 0 Å². The van der Waals surface area contributed by atoms with Crippen LogP contribution in [0.15, 0.2) is 54.6 Å². The Morgan fingerprint density at radius 1 is 0.850 bits per heavy atom. The summed E-state index contributed by atoms with van der Waals surface area (Å²) in [6.45, 7) is 3.20. The van der Waals surface area contributed by atoms with Crippen LogP contribution < -0.4 is 16.1 Å². The quantitative estimate of drug-likeness (QED) is 0.416. The van der Waals surface area contributed by atoms with Gasteiger partial charge in [0, 0.05) is 30.9 Å². The van der Waals surface area contributed by atoms with Gasteiger partial charge in [0.15, 0.2) is 0 Å². The van der Waals surface area contributed by atoms with Crippen LogP contribution in [0.4, 0.5) is 5.69 Å². The zero-order valence-corrected chi connectivity index (χ0v) is 23.1. The molecule has 1 aliphatic heterocycles. The largest absolute Gasteiger partial charge is 0.379 e. The SMILES string of the molecule is O=C(NN1CCOCC1)c1ccc(NC(=O)C23CC4CC(CC(C(=O)NCCCc5ccccc5)(C4)C2)C3)cc1. The van der Waals surface area contributed by atoms with Gasteiger partial charge in [-0.25, -0.2) is 5.01 Å². The zero-order valence-electron chi connectivity index (χ0n) is 23.1. The standard InChI is InChI=1S/C32H40N4O4/c37-28(35-36-13-15-40-16-14-36)26-8-10-27(11-9-26)34-30(39)32-20-24-17-25(21-32)19-31(18-24,22-32)29(38)33-12-4-7-23-5-2-1-3-6-23/h1-3,5-6,8-11,24-25H,4,7,12-22H2,(H,33,38)(H,34,39)(H,35,37). The molecule has 4 bridgehead atoms. The van der Waals surface area contributed by atoms with Gasteiger partial charge in [-0.2, -0.15) is 0 Å². The summed E-state index contributed by atoms with van der Waals surface area (Å²) in [5.41, 5.74) is 4.49. The lowest BCUT2D eigenvalue weighted by Crippen LogP contribution is -2.60. The molecule has 0 radical (unpaired) electrons. The summed E-state index contributed by atoms with van der Waals surface area (Å²) in [5.74, 6) is 0.843. The monoisotopic (exact) mass is 544 g/mol. The summed E-state index contributed by atoms with van der Waals surface area (Å²) < 4.78 is 5.33. The van der Waals surface area contributed by atoms with Crippen LogP contribution in [0, 0.1) is 22.7 Å². The molecule has 3 amide bonds. The maximum Gasteiger partial charge on any atom is 0.265 e. The number of anilines is 1. The normalized spacial score (nSPS) is 29.1. The predicted octanol–water partition coefficient (Wildman–Crippen LogP) is 3.94. The molecular formula is C32H40N4O4. The van der Waals surface area contributed by atoms with Crippen LogP contribution in [-0.2, 0) is 20.7 Å². The Bertz CT molecular complexity index is 1210. The molecule has 4 aliphatic carbocycles. The first-order valence-electron chi connectivity index (χ1n) is 14.8. The highest BCUT2D eigenvalue weighted by Gasteiger charge is 2.63. The summed E-state index contributed by atoms with van der Waals surface area (Å²) in [5, 5.41) is 8.25. The molecule has 2 atom stereocenters. The number of aryl methyl sites for hydroxylation is 1. The van der Waals surface area contributed by atoms with E-state index in [1.165, 1.54) is 5.56 Å². The van der Waals surface area contributed by atoms with Crippen molar-refractivity contribution in [1.29, 1.82) is 0 Å². The summed E-state index contributed by atoms with van der Waals surface area (Å²) in [6, 6.07) is 17.4. The van der Waals surface area contributed by atoms with Crippen molar-refractivity contribution in [1.82, 2.24) is 15.8 Å². The minimum absolute atomic E-state index is 0.0216. The molecule has 8 heteroatoms. The highest BCUT2D eigenvalue weighted by Crippen LogP contribution is 2.65. The Labute approximate surface area is 236 Å². The highest BCUT2D eigenvalue weighted by atomic mass is 16.5. The minimum atomic E-state index is -0.502. The molecule has 212 valence electrons. The number of hydrazine groups is 1. The van der Waals surface area contributed by atoms with Crippen LogP contribution in [0.2, 0.25) is 0 Å². The molecule has 8 nitrogen and oxygen atoms in total. The molecule has 40 heavy (non-hydrogen) atoms. The van der Waals surface area contributed by atoms with Crippen molar-refractivity contribution in [3.8, 4) is 0 Å². The second-order valence-corrected chi connectivity index (χ2v) is 12.4. The first-order chi connectivity index (χ1) is 19.4. The number of carbonyl (C=O) groups is 3. The third kappa shape index (κ3) is 5.65. The summed E-state index contributed by atoms with van der Waals surface area (Å²) in [4.78, 5) is 40.0. The third-order valence-electron chi connectivity index (χ3n) is 9.47. The smallest absolute Gasteiger partial charge is 0.265 e. The molecule has 5 fully saturated rings. The van der Waals surface area contributed by atoms with Crippen LogP contribution in [0.5, 0.6) is 0 Å². The Kier molecular flexibility index (Phi) is 7.64. The number of ether oxygens (including phenoxy) is 1. The first-order valence-corrected chi connectivity index (χ1v) is 14.8. The molecular weight excluding hydrogens is 504 g/mol. The van der Waals surface area contributed by atoms with Gasteiger partial charge in [-0.05, 0) is 93.0 Å². The van der Waals surface area contributed by atoms with Crippen molar-refractivity contribution in [2.24, 2.45) is 22.7 Å². The van der Waals surface area contributed by atoms with Crippen LogP contribution >= 0.6 is 0 Å². The van der Waals surface area contributed by atoms with E-state index in [9.17, 15) is 14.4 Å². The topological polar surface area (TPSA) is 99.8 Å². The van der Waals surface area contributed by atoms with Crippen molar-refractivity contribution >= 4 is 23.4 Å². The van der Waals surface area contributed by atoms with Gasteiger partial charge in [0.05, 0.1) is 24.0 Å². The number of nitrogens with zero attached hydrogens (tertiary/aromatic N) is 1. The molecule has 7 rings (SSSR count). The van der Waals surface area contributed by atoms with E-state index < -0.39 is 10.8 Å². The van der Waals surface area contributed by atoms with Gasteiger partial charge in [0.25, 0.3) is 5.91 Å².